The molecule has 0 radical (unpaired) electrons. The first kappa shape index (κ1) is 17.3. The van der Waals surface area contributed by atoms with E-state index in [9.17, 15) is 0 Å². The van der Waals surface area contributed by atoms with E-state index in [1.807, 2.05) is 16.9 Å². The van der Waals surface area contributed by atoms with Crippen LogP contribution in [0.4, 0.5) is 0 Å². The first-order valence-electron chi connectivity index (χ1n) is 9.14. The molecule has 3 aromatic rings. The quantitative estimate of drug-likeness (QED) is 0.514. The summed E-state index contributed by atoms with van der Waals surface area (Å²) in [5, 5.41) is 4.40. The van der Waals surface area contributed by atoms with Gasteiger partial charge in [0.1, 0.15) is 11.9 Å². The Morgan fingerprint density at radius 3 is 2.36 bits per heavy atom. The van der Waals surface area contributed by atoms with Crippen LogP contribution in [0.1, 0.15) is 44.8 Å². The van der Waals surface area contributed by atoms with Crippen molar-refractivity contribution < 1.29 is 4.74 Å². The SMILES string of the molecule is CCCC(Oc1ccc(-c2cnn(CCC)c2)cc1)c1ccccc1. The monoisotopic (exact) mass is 334 g/mol. The average Bonchev–Trinajstić information content (AvgIpc) is 3.12. The maximum absolute atomic E-state index is 6.25. The minimum absolute atomic E-state index is 0.101. The van der Waals surface area contributed by atoms with Crippen LogP contribution in [0.25, 0.3) is 11.1 Å². The van der Waals surface area contributed by atoms with Crippen molar-refractivity contribution in [2.24, 2.45) is 0 Å². The van der Waals surface area contributed by atoms with Gasteiger partial charge in [-0.1, -0.05) is 62.7 Å². The van der Waals surface area contributed by atoms with Gasteiger partial charge in [-0.2, -0.15) is 5.10 Å². The van der Waals surface area contributed by atoms with Gasteiger partial charge < -0.3 is 4.74 Å². The first-order valence-corrected chi connectivity index (χ1v) is 9.14. The second-order valence-corrected chi connectivity index (χ2v) is 6.32. The Morgan fingerprint density at radius 2 is 1.68 bits per heavy atom. The van der Waals surface area contributed by atoms with Crippen molar-refractivity contribution in [1.82, 2.24) is 9.78 Å². The number of hydrogen-bond donors (Lipinski definition) is 0. The molecule has 0 saturated carbocycles. The fourth-order valence-corrected chi connectivity index (χ4v) is 2.98. The van der Waals surface area contributed by atoms with E-state index in [-0.39, 0.29) is 6.10 Å². The maximum atomic E-state index is 6.25. The van der Waals surface area contributed by atoms with E-state index in [4.69, 9.17) is 4.74 Å². The molecule has 1 heterocycles. The summed E-state index contributed by atoms with van der Waals surface area (Å²) in [7, 11) is 0. The normalized spacial score (nSPS) is 12.1. The molecule has 0 aliphatic heterocycles. The van der Waals surface area contributed by atoms with Crippen LogP contribution in [0.15, 0.2) is 67.0 Å². The number of aromatic nitrogens is 2. The van der Waals surface area contributed by atoms with Crippen molar-refractivity contribution in [2.75, 3.05) is 0 Å². The Balaban J connectivity index is 1.72. The molecule has 0 fully saturated rings. The van der Waals surface area contributed by atoms with Crippen LogP contribution in [-0.2, 0) is 6.54 Å². The summed E-state index contributed by atoms with van der Waals surface area (Å²) in [5.41, 5.74) is 3.55. The van der Waals surface area contributed by atoms with Gasteiger partial charge in [0, 0.05) is 18.3 Å². The number of rotatable bonds is 8. The average molecular weight is 334 g/mol. The lowest BCUT2D eigenvalue weighted by atomic mass is 10.0. The molecule has 3 nitrogen and oxygen atoms in total. The molecule has 1 unspecified atom stereocenters. The minimum Gasteiger partial charge on any atom is -0.486 e. The van der Waals surface area contributed by atoms with Gasteiger partial charge in [-0.05, 0) is 36.1 Å². The lowest BCUT2D eigenvalue weighted by molar-refractivity contribution is 0.194. The number of aryl methyl sites for hydroxylation is 1. The largest absolute Gasteiger partial charge is 0.486 e. The van der Waals surface area contributed by atoms with E-state index in [0.29, 0.717) is 0 Å². The summed E-state index contributed by atoms with van der Waals surface area (Å²) in [6.07, 6.45) is 7.32. The van der Waals surface area contributed by atoms with Crippen molar-refractivity contribution in [3.8, 4) is 16.9 Å². The zero-order chi connectivity index (χ0) is 17.5. The third-order valence-electron chi connectivity index (χ3n) is 4.27. The molecule has 0 saturated heterocycles. The fraction of sp³-hybridized carbons (Fsp3) is 0.318. The highest BCUT2D eigenvalue weighted by atomic mass is 16.5. The van der Waals surface area contributed by atoms with Gasteiger partial charge in [0.15, 0.2) is 0 Å². The summed E-state index contributed by atoms with van der Waals surface area (Å²) in [4.78, 5) is 0. The lowest BCUT2D eigenvalue weighted by Crippen LogP contribution is -2.07. The highest BCUT2D eigenvalue weighted by molar-refractivity contribution is 5.62. The van der Waals surface area contributed by atoms with E-state index in [1.165, 1.54) is 11.1 Å². The molecule has 3 rings (SSSR count). The number of hydrogen-bond acceptors (Lipinski definition) is 2. The van der Waals surface area contributed by atoms with Crippen molar-refractivity contribution in [3.63, 3.8) is 0 Å². The standard InChI is InChI=1S/C22H26N2O/c1-3-8-22(19-9-6-5-7-10-19)25-21-13-11-18(12-14-21)20-16-23-24(17-20)15-4-2/h5-7,9-14,16-17,22H,3-4,8,15H2,1-2H3. The van der Waals surface area contributed by atoms with E-state index in [0.717, 1.165) is 37.1 Å². The van der Waals surface area contributed by atoms with Gasteiger partial charge in [-0.15, -0.1) is 0 Å². The van der Waals surface area contributed by atoms with Crippen LogP contribution >= 0.6 is 0 Å². The van der Waals surface area contributed by atoms with Crippen LogP contribution in [0, 0.1) is 0 Å². The molecule has 0 N–H and O–H groups in total. The zero-order valence-corrected chi connectivity index (χ0v) is 15.1. The molecule has 1 aromatic heterocycles. The molecule has 3 heteroatoms. The Hall–Kier alpha value is -2.55. The van der Waals surface area contributed by atoms with Crippen LogP contribution in [0.5, 0.6) is 5.75 Å². The van der Waals surface area contributed by atoms with Gasteiger partial charge in [-0.25, -0.2) is 0 Å². The molecule has 0 amide bonds. The highest BCUT2D eigenvalue weighted by Gasteiger charge is 2.12. The molecule has 1 atom stereocenters. The Bertz CT molecular complexity index is 762. The Kier molecular flexibility index (Phi) is 5.89. The smallest absolute Gasteiger partial charge is 0.124 e. The summed E-state index contributed by atoms with van der Waals surface area (Å²) < 4.78 is 8.25. The molecule has 2 aromatic carbocycles. The van der Waals surface area contributed by atoms with Crippen LogP contribution in [0.3, 0.4) is 0 Å². The maximum Gasteiger partial charge on any atom is 0.124 e. The second kappa shape index (κ2) is 8.52. The summed E-state index contributed by atoms with van der Waals surface area (Å²) in [6, 6.07) is 18.8. The number of nitrogens with zero attached hydrogens (tertiary/aromatic N) is 2. The van der Waals surface area contributed by atoms with E-state index in [2.05, 4.69) is 73.7 Å². The van der Waals surface area contributed by atoms with Crippen molar-refractivity contribution in [3.05, 3.63) is 72.6 Å². The lowest BCUT2D eigenvalue weighted by Gasteiger charge is -2.19. The third kappa shape index (κ3) is 4.50. The molecule has 130 valence electrons. The van der Waals surface area contributed by atoms with Crippen molar-refractivity contribution >= 4 is 0 Å². The molecule has 25 heavy (non-hydrogen) atoms. The van der Waals surface area contributed by atoms with E-state index < -0.39 is 0 Å². The highest BCUT2D eigenvalue weighted by Crippen LogP contribution is 2.28. The predicted molar refractivity (Wildman–Crippen MR) is 103 cm³/mol. The van der Waals surface area contributed by atoms with Gasteiger partial charge in [0.05, 0.1) is 6.20 Å². The first-order chi connectivity index (χ1) is 12.3. The molecular formula is C22H26N2O. The van der Waals surface area contributed by atoms with Gasteiger partial charge in [0.2, 0.25) is 0 Å². The Morgan fingerprint density at radius 1 is 0.920 bits per heavy atom. The van der Waals surface area contributed by atoms with E-state index in [1.54, 1.807) is 0 Å². The molecule has 0 aliphatic carbocycles. The third-order valence-corrected chi connectivity index (χ3v) is 4.27. The fourth-order valence-electron chi connectivity index (χ4n) is 2.98. The molecule has 0 spiro atoms. The zero-order valence-electron chi connectivity index (χ0n) is 15.1. The predicted octanol–water partition coefficient (Wildman–Crippen LogP) is 5.88. The summed E-state index contributed by atoms with van der Waals surface area (Å²) in [6.45, 7) is 5.31. The topological polar surface area (TPSA) is 27.1 Å². The van der Waals surface area contributed by atoms with Crippen molar-refractivity contribution in [1.29, 1.82) is 0 Å². The van der Waals surface area contributed by atoms with Crippen LogP contribution in [0.2, 0.25) is 0 Å². The van der Waals surface area contributed by atoms with Crippen LogP contribution < -0.4 is 4.74 Å². The van der Waals surface area contributed by atoms with Gasteiger partial charge >= 0.3 is 0 Å². The number of benzene rings is 2. The van der Waals surface area contributed by atoms with Crippen LogP contribution in [-0.4, -0.2) is 9.78 Å². The minimum atomic E-state index is 0.101. The summed E-state index contributed by atoms with van der Waals surface area (Å²) in [5.74, 6) is 0.909. The second-order valence-electron chi connectivity index (χ2n) is 6.32. The van der Waals surface area contributed by atoms with E-state index >= 15 is 0 Å². The van der Waals surface area contributed by atoms with Gasteiger partial charge in [-0.3, -0.25) is 4.68 Å². The molecular weight excluding hydrogens is 308 g/mol. The Labute approximate surface area is 150 Å². The van der Waals surface area contributed by atoms with Gasteiger partial charge in [0.25, 0.3) is 0 Å². The number of ether oxygens (including phenoxy) is 1. The van der Waals surface area contributed by atoms with Crippen molar-refractivity contribution in [2.45, 2.75) is 45.8 Å². The molecule has 0 aliphatic rings. The summed E-state index contributed by atoms with van der Waals surface area (Å²) >= 11 is 0. The molecule has 0 bridgehead atoms.